The molecule has 0 saturated heterocycles. The van der Waals surface area contributed by atoms with Crippen LogP contribution in [0, 0.1) is 0 Å². The molecule has 3 heterocycles. The molecular weight excluding hydrogens is 322 g/mol. The zero-order valence-corrected chi connectivity index (χ0v) is 12.6. The van der Waals surface area contributed by atoms with Crippen LogP contribution in [0.2, 0.25) is 0 Å². The summed E-state index contributed by atoms with van der Waals surface area (Å²) in [6, 6.07) is 4.40. The first-order valence-corrected chi connectivity index (χ1v) is 7.26. The molecule has 0 N–H and O–H groups in total. The monoisotopic (exact) mass is 334 g/mol. The molecule has 7 nitrogen and oxygen atoms in total. The number of hydrogen-bond acceptors (Lipinski definition) is 5. The van der Waals surface area contributed by atoms with Gasteiger partial charge < -0.3 is 9.47 Å². The van der Waals surface area contributed by atoms with Gasteiger partial charge in [-0.3, -0.25) is 9.36 Å². The van der Waals surface area contributed by atoms with Crippen LogP contribution in [0.5, 0.6) is 11.5 Å². The number of alkyl halides is 2. The molecule has 0 bridgehead atoms. The normalized spacial score (nSPS) is 15.1. The quantitative estimate of drug-likeness (QED) is 0.732. The molecule has 1 aliphatic rings. The van der Waals surface area contributed by atoms with Gasteiger partial charge in [-0.25, -0.2) is 9.67 Å². The van der Waals surface area contributed by atoms with Crippen molar-refractivity contribution in [3.05, 3.63) is 46.6 Å². The van der Waals surface area contributed by atoms with E-state index in [1.807, 2.05) is 6.92 Å². The highest BCUT2D eigenvalue weighted by Crippen LogP contribution is 2.41. The number of rotatable bonds is 3. The first-order chi connectivity index (χ1) is 11.5. The van der Waals surface area contributed by atoms with Gasteiger partial charge in [0.15, 0.2) is 17.1 Å². The fourth-order valence-corrected chi connectivity index (χ4v) is 2.63. The van der Waals surface area contributed by atoms with Gasteiger partial charge in [0.05, 0.1) is 12.7 Å². The van der Waals surface area contributed by atoms with E-state index < -0.39 is 6.29 Å². The van der Waals surface area contributed by atoms with Crippen LogP contribution in [0.25, 0.3) is 11.0 Å². The number of ether oxygens (including phenoxy) is 2. The lowest BCUT2D eigenvalue weighted by atomic mass is 10.2. The molecule has 124 valence electrons. The zero-order valence-electron chi connectivity index (χ0n) is 12.6. The maximum atomic E-state index is 13.1. The summed E-state index contributed by atoms with van der Waals surface area (Å²) in [6.07, 6.45) is -0.768. The lowest BCUT2D eigenvalue weighted by Gasteiger charge is -2.06. The standard InChI is InChI=1S/C15H12F2N4O3/c1-2-21-13-10(6-19-21)14(22)20(8-18-13)7-9-3-4-11-12(5-9)24-15(16,17)23-11/h3-6,8H,2,7H2,1H3. The van der Waals surface area contributed by atoms with Crippen LogP contribution in [0.4, 0.5) is 8.78 Å². The fourth-order valence-electron chi connectivity index (χ4n) is 2.63. The third-order valence-corrected chi connectivity index (χ3v) is 3.74. The number of aromatic nitrogens is 4. The number of aryl methyl sites for hydroxylation is 1. The number of hydrogen-bond donors (Lipinski definition) is 0. The molecule has 0 unspecified atom stereocenters. The first-order valence-electron chi connectivity index (χ1n) is 7.26. The second-order valence-corrected chi connectivity index (χ2v) is 5.32. The minimum Gasteiger partial charge on any atom is -0.395 e. The zero-order chi connectivity index (χ0) is 16.9. The summed E-state index contributed by atoms with van der Waals surface area (Å²) in [7, 11) is 0. The Balaban J connectivity index is 1.68. The van der Waals surface area contributed by atoms with Gasteiger partial charge in [-0.15, -0.1) is 8.78 Å². The molecule has 9 heteroatoms. The van der Waals surface area contributed by atoms with Crippen molar-refractivity contribution in [2.24, 2.45) is 0 Å². The van der Waals surface area contributed by atoms with Crippen LogP contribution in [0.1, 0.15) is 12.5 Å². The highest BCUT2D eigenvalue weighted by atomic mass is 19.3. The maximum Gasteiger partial charge on any atom is 0.586 e. The third-order valence-electron chi connectivity index (χ3n) is 3.74. The van der Waals surface area contributed by atoms with E-state index in [9.17, 15) is 13.6 Å². The Morgan fingerprint density at radius 3 is 2.83 bits per heavy atom. The van der Waals surface area contributed by atoms with Gasteiger partial charge in [-0.2, -0.15) is 5.10 Å². The van der Waals surface area contributed by atoms with E-state index >= 15 is 0 Å². The van der Waals surface area contributed by atoms with E-state index in [1.54, 1.807) is 10.7 Å². The second kappa shape index (κ2) is 5.02. The molecule has 1 aliphatic heterocycles. The van der Waals surface area contributed by atoms with Gasteiger partial charge in [0, 0.05) is 6.54 Å². The minimum absolute atomic E-state index is 0.0334. The van der Waals surface area contributed by atoms with Crippen molar-refractivity contribution in [2.75, 3.05) is 0 Å². The summed E-state index contributed by atoms with van der Waals surface area (Å²) in [6.45, 7) is 2.68. The van der Waals surface area contributed by atoms with Crippen LogP contribution >= 0.6 is 0 Å². The number of benzene rings is 1. The van der Waals surface area contributed by atoms with Gasteiger partial charge in [-0.05, 0) is 24.6 Å². The Morgan fingerprint density at radius 1 is 1.25 bits per heavy atom. The topological polar surface area (TPSA) is 71.2 Å². The summed E-state index contributed by atoms with van der Waals surface area (Å²) < 4.78 is 37.9. The van der Waals surface area contributed by atoms with E-state index in [1.165, 1.54) is 29.2 Å². The summed E-state index contributed by atoms with van der Waals surface area (Å²) in [5, 5.41) is 4.52. The average molecular weight is 334 g/mol. The summed E-state index contributed by atoms with van der Waals surface area (Å²) in [4.78, 5) is 16.7. The summed E-state index contributed by atoms with van der Waals surface area (Å²) in [5.41, 5.74) is 0.882. The predicted molar refractivity (Wildman–Crippen MR) is 79.2 cm³/mol. The van der Waals surface area contributed by atoms with E-state index in [-0.39, 0.29) is 23.6 Å². The van der Waals surface area contributed by atoms with Crippen LogP contribution in [0.15, 0.2) is 35.5 Å². The molecule has 2 aromatic heterocycles. The number of fused-ring (bicyclic) bond motifs is 2. The van der Waals surface area contributed by atoms with Crippen LogP contribution in [-0.4, -0.2) is 25.6 Å². The van der Waals surface area contributed by atoms with Crippen molar-refractivity contribution >= 4 is 11.0 Å². The lowest BCUT2D eigenvalue weighted by Crippen LogP contribution is -2.25. The van der Waals surface area contributed by atoms with E-state index in [2.05, 4.69) is 19.6 Å². The Labute approximate surface area is 134 Å². The molecule has 24 heavy (non-hydrogen) atoms. The van der Waals surface area contributed by atoms with Gasteiger partial charge in [0.2, 0.25) is 0 Å². The molecule has 0 spiro atoms. The smallest absolute Gasteiger partial charge is 0.395 e. The van der Waals surface area contributed by atoms with Gasteiger partial charge in [0.25, 0.3) is 5.56 Å². The molecule has 0 fully saturated rings. The average Bonchev–Trinajstić information content (AvgIpc) is 3.08. The Hall–Kier alpha value is -2.97. The minimum atomic E-state index is -3.66. The molecule has 3 aromatic rings. The molecule has 1 aromatic carbocycles. The molecule has 4 rings (SSSR count). The SMILES string of the molecule is CCn1ncc2c(=O)n(Cc3ccc4c(c3)OC(F)(F)O4)cnc21. The van der Waals surface area contributed by atoms with Crippen molar-refractivity contribution in [1.29, 1.82) is 0 Å². The van der Waals surface area contributed by atoms with Crippen molar-refractivity contribution in [1.82, 2.24) is 19.3 Å². The van der Waals surface area contributed by atoms with Gasteiger partial charge in [0.1, 0.15) is 11.7 Å². The fraction of sp³-hybridized carbons (Fsp3) is 0.267. The highest BCUT2D eigenvalue weighted by Gasteiger charge is 2.43. The number of halogens is 2. The van der Waals surface area contributed by atoms with Gasteiger partial charge >= 0.3 is 6.29 Å². The van der Waals surface area contributed by atoms with Crippen LogP contribution in [0.3, 0.4) is 0 Å². The van der Waals surface area contributed by atoms with Crippen molar-refractivity contribution in [2.45, 2.75) is 26.3 Å². The largest absolute Gasteiger partial charge is 0.586 e. The molecular formula is C15H12F2N4O3. The molecule has 0 amide bonds. The maximum absolute atomic E-state index is 13.1. The van der Waals surface area contributed by atoms with Crippen molar-refractivity contribution in [3.63, 3.8) is 0 Å². The Kier molecular flexibility index (Phi) is 3.05. The van der Waals surface area contributed by atoms with E-state index in [4.69, 9.17) is 0 Å². The van der Waals surface area contributed by atoms with E-state index in [0.717, 1.165) is 0 Å². The van der Waals surface area contributed by atoms with E-state index in [0.29, 0.717) is 23.1 Å². The van der Waals surface area contributed by atoms with Crippen LogP contribution < -0.4 is 15.0 Å². The Bertz CT molecular complexity index is 996. The highest BCUT2D eigenvalue weighted by molar-refractivity contribution is 5.72. The molecule has 0 saturated carbocycles. The predicted octanol–water partition coefficient (Wildman–Crippen LogP) is 1.98. The molecule has 0 atom stereocenters. The molecule has 0 radical (unpaired) electrons. The first kappa shape index (κ1) is 14.6. The summed E-state index contributed by atoms with van der Waals surface area (Å²) >= 11 is 0. The lowest BCUT2D eigenvalue weighted by molar-refractivity contribution is -0.286. The molecule has 0 aliphatic carbocycles. The number of nitrogens with zero attached hydrogens (tertiary/aromatic N) is 4. The Morgan fingerprint density at radius 2 is 2.04 bits per heavy atom. The third kappa shape index (κ3) is 2.29. The summed E-state index contributed by atoms with van der Waals surface area (Å²) in [5.74, 6) is -0.0905. The second-order valence-electron chi connectivity index (χ2n) is 5.32. The van der Waals surface area contributed by atoms with Crippen molar-refractivity contribution < 1.29 is 18.3 Å². The van der Waals surface area contributed by atoms with Crippen LogP contribution in [-0.2, 0) is 13.1 Å². The van der Waals surface area contributed by atoms with Gasteiger partial charge in [-0.1, -0.05) is 6.07 Å². The van der Waals surface area contributed by atoms with Crippen molar-refractivity contribution in [3.8, 4) is 11.5 Å².